The van der Waals surface area contributed by atoms with Gasteiger partial charge in [0.05, 0.1) is 11.9 Å². The van der Waals surface area contributed by atoms with E-state index >= 15 is 0 Å². The summed E-state index contributed by atoms with van der Waals surface area (Å²) in [6.07, 6.45) is 6.64. The van der Waals surface area contributed by atoms with Gasteiger partial charge in [-0.1, -0.05) is 30.9 Å². The lowest BCUT2D eigenvalue weighted by Crippen LogP contribution is -2.20. The van der Waals surface area contributed by atoms with Crippen LogP contribution >= 0.6 is 11.6 Å². The molecule has 3 nitrogen and oxygen atoms in total. The molecule has 1 amide bonds. The number of hydrogen-bond acceptors (Lipinski definition) is 2. The molecule has 3 rings (SSSR count). The van der Waals surface area contributed by atoms with Gasteiger partial charge in [-0.05, 0) is 30.4 Å². The highest BCUT2D eigenvalue weighted by Crippen LogP contribution is 2.51. The van der Waals surface area contributed by atoms with Gasteiger partial charge in [-0.15, -0.1) is 0 Å². The van der Waals surface area contributed by atoms with Crippen LogP contribution in [0.4, 0.5) is 5.69 Å². The van der Waals surface area contributed by atoms with Crippen LogP contribution in [0.5, 0.6) is 0 Å². The van der Waals surface area contributed by atoms with Gasteiger partial charge in [0.2, 0.25) is 5.91 Å². The zero-order valence-corrected chi connectivity index (χ0v) is 10.3. The first kappa shape index (κ1) is 11.0. The van der Waals surface area contributed by atoms with Crippen LogP contribution in [0.15, 0.2) is 18.3 Å². The summed E-state index contributed by atoms with van der Waals surface area (Å²) in [5.41, 5.74) is 0.735. The van der Waals surface area contributed by atoms with Gasteiger partial charge >= 0.3 is 0 Å². The van der Waals surface area contributed by atoms with Crippen molar-refractivity contribution in [3.8, 4) is 0 Å². The van der Waals surface area contributed by atoms with Crippen molar-refractivity contribution in [1.82, 2.24) is 4.98 Å². The van der Waals surface area contributed by atoms with Gasteiger partial charge in [-0.3, -0.25) is 4.79 Å². The molecule has 2 aliphatic carbocycles. The third-order valence-corrected chi connectivity index (χ3v) is 4.15. The molecule has 4 heteroatoms. The molecule has 0 saturated heterocycles. The number of halogens is 1. The van der Waals surface area contributed by atoms with Gasteiger partial charge in [0.15, 0.2) is 0 Å². The fourth-order valence-corrected chi connectivity index (χ4v) is 2.70. The normalized spacial score (nSPS) is 27.4. The first-order chi connectivity index (χ1) is 8.24. The van der Waals surface area contributed by atoms with Gasteiger partial charge in [-0.25, -0.2) is 4.98 Å². The summed E-state index contributed by atoms with van der Waals surface area (Å²) in [4.78, 5) is 15.9. The second-order valence-electron chi connectivity index (χ2n) is 5.06. The predicted molar refractivity (Wildman–Crippen MR) is 66.8 cm³/mol. The number of rotatable bonds is 3. The average Bonchev–Trinajstić information content (AvgIpc) is 2.99. The Morgan fingerprint density at radius 2 is 2.24 bits per heavy atom. The Hall–Kier alpha value is -1.09. The molecule has 0 spiro atoms. The molecule has 90 valence electrons. The van der Waals surface area contributed by atoms with Gasteiger partial charge in [0.1, 0.15) is 5.15 Å². The Morgan fingerprint density at radius 3 is 2.82 bits per heavy atom. The van der Waals surface area contributed by atoms with Crippen molar-refractivity contribution in [2.24, 2.45) is 17.8 Å². The molecule has 0 unspecified atom stereocenters. The minimum atomic E-state index is 0.144. The van der Waals surface area contributed by atoms with E-state index in [1.807, 2.05) is 0 Å². The maximum Gasteiger partial charge on any atom is 0.227 e. The molecule has 0 aromatic carbocycles. The van der Waals surface area contributed by atoms with Crippen LogP contribution in [0.3, 0.4) is 0 Å². The second kappa shape index (κ2) is 4.30. The molecule has 1 heterocycles. The van der Waals surface area contributed by atoms with Gasteiger partial charge in [0.25, 0.3) is 0 Å². The van der Waals surface area contributed by atoms with E-state index in [0.717, 1.165) is 18.0 Å². The minimum Gasteiger partial charge on any atom is -0.324 e. The quantitative estimate of drug-likeness (QED) is 0.838. The highest BCUT2D eigenvalue weighted by atomic mass is 35.5. The van der Waals surface area contributed by atoms with Crippen LogP contribution in [0.25, 0.3) is 0 Å². The molecule has 2 aliphatic rings. The minimum absolute atomic E-state index is 0.144. The lowest BCUT2D eigenvalue weighted by molar-refractivity contribution is -0.117. The first-order valence-corrected chi connectivity index (χ1v) is 6.54. The molecule has 1 aromatic rings. The summed E-state index contributed by atoms with van der Waals surface area (Å²) < 4.78 is 0. The molecule has 17 heavy (non-hydrogen) atoms. The van der Waals surface area contributed by atoms with Crippen LogP contribution < -0.4 is 5.32 Å². The fourth-order valence-electron chi connectivity index (χ4n) is 2.59. The van der Waals surface area contributed by atoms with Gasteiger partial charge < -0.3 is 5.32 Å². The number of amides is 1. The van der Waals surface area contributed by atoms with E-state index in [4.69, 9.17) is 11.6 Å². The summed E-state index contributed by atoms with van der Waals surface area (Å²) >= 11 is 5.69. The van der Waals surface area contributed by atoms with E-state index in [1.54, 1.807) is 18.3 Å². The van der Waals surface area contributed by atoms with Gasteiger partial charge in [-0.2, -0.15) is 0 Å². The first-order valence-electron chi connectivity index (χ1n) is 6.16. The molecular weight excluding hydrogens is 236 g/mol. The molecule has 2 saturated carbocycles. The van der Waals surface area contributed by atoms with E-state index in [-0.39, 0.29) is 11.8 Å². The summed E-state index contributed by atoms with van der Waals surface area (Å²) in [6.45, 7) is 0. The summed E-state index contributed by atoms with van der Waals surface area (Å²) in [5, 5.41) is 3.35. The number of carbonyl (C=O) groups is 1. The van der Waals surface area contributed by atoms with E-state index < -0.39 is 0 Å². The molecular formula is C13H15ClN2O. The van der Waals surface area contributed by atoms with Crippen LogP contribution in [-0.2, 0) is 4.79 Å². The number of anilines is 1. The predicted octanol–water partition coefficient (Wildman–Crippen LogP) is 3.11. The smallest absolute Gasteiger partial charge is 0.227 e. The summed E-state index contributed by atoms with van der Waals surface area (Å²) in [5.74, 6) is 1.83. The van der Waals surface area contributed by atoms with Crippen molar-refractivity contribution in [1.29, 1.82) is 0 Å². The third kappa shape index (κ3) is 2.29. The molecule has 0 aliphatic heterocycles. The lowest BCUT2D eigenvalue weighted by Gasteiger charge is -2.25. The Labute approximate surface area is 106 Å². The number of hydrogen-bond donors (Lipinski definition) is 1. The van der Waals surface area contributed by atoms with E-state index in [9.17, 15) is 4.79 Å². The molecule has 2 atom stereocenters. The maximum atomic E-state index is 11.9. The maximum absolute atomic E-state index is 11.9. The van der Waals surface area contributed by atoms with Crippen LogP contribution in [0.2, 0.25) is 5.15 Å². The molecule has 0 radical (unpaired) electrons. The van der Waals surface area contributed by atoms with Crippen molar-refractivity contribution in [2.75, 3.05) is 5.32 Å². The lowest BCUT2D eigenvalue weighted by atomic mass is 9.81. The molecule has 0 bridgehead atoms. The number of nitrogens with zero attached hydrogens (tertiary/aromatic N) is 1. The van der Waals surface area contributed by atoms with E-state index in [2.05, 4.69) is 10.3 Å². The van der Waals surface area contributed by atoms with Crippen LogP contribution in [-0.4, -0.2) is 10.9 Å². The Kier molecular flexibility index (Phi) is 2.79. The van der Waals surface area contributed by atoms with Crippen molar-refractivity contribution in [3.05, 3.63) is 23.5 Å². The Balaban J connectivity index is 1.55. The topological polar surface area (TPSA) is 42.0 Å². The van der Waals surface area contributed by atoms with E-state index in [1.165, 1.54) is 19.3 Å². The summed E-state index contributed by atoms with van der Waals surface area (Å²) in [6, 6.07) is 3.47. The SMILES string of the molecule is O=C(Nc1ccc(Cl)nc1)[C@@H]1C[C@H]1C1CCC1. The number of nitrogens with one attached hydrogen (secondary N) is 1. The fraction of sp³-hybridized carbons (Fsp3) is 0.538. The molecule has 1 N–H and O–H groups in total. The van der Waals surface area contributed by atoms with Crippen molar-refractivity contribution < 1.29 is 4.79 Å². The zero-order valence-electron chi connectivity index (χ0n) is 9.53. The van der Waals surface area contributed by atoms with Crippen molar-refractivity contribution >= 4 is 23.2 Å². The number of aromatic nitrogens is 1. The highest BCUT2D eigenvalue weighted by Gasteiger charge is 2.48. The van der Waals surface area contributed by atoms with Crippen molar-refractivity contribution in [3.63, 3.8) is 0 Å². The Bertz CT molecular complexity index is 428. The van der Waals surface area contributed by atoms with Crippen molar-refractivity contribution in [2.45, 2.75) is 25.7 Å². The highest BCUT2D eigenvalue weighted by molar-refractivity contribution is 6.29. The molecule has 1 aromatic heterocycles. The standard InChI is InChI=1S/C13H15ClN2O/c14-12-5-4-9(7-15-12)16-13(17)11-6-10(11)8-2-1-3-8/h4-5,7-8,10-11H,1-3,6H2,(H,16,17)/t10-,11+/m0/s1. The van der Waals surface area contributed by atoms with Crippen LogP contribution in [0, 0.1) is 17.8 Å². The monoisotopic (exact) mass is 250 g/mol. The number of pyridine rings is 1. The molecule has 2 fully saturated rings. The second-order valence-corrected chi connectivity index (χ2v) is 5.44. The van der Waals surface area contributed by atoms with Gasteiger partial charge in [0, 0.05) is 5.92 Å². The third-order valence-electron chi connectivity index (χ3n) is 3.93. The van der Waals surface area contributed by atoms with Crippen LogP contribution in [0.1, 0.15) is 25.7 Å². The Morgan fingerprint density at radius 1 is 1.41 bits per heavy atom. The zero-order chi connectivity index (χ0) is 11.8. The average molecular weight is 251 g/mol. The van der Waals surface area contributed by atoms with E-state index in [0.29, 0.717) is 11.1 Å². The number of carbonyl (C=O) groups excluding carboxylic acids is 1. The largest absolute Gasteiger partial charge is 0.324 e. The summed E-state index contributed by atoms with van der Waals surface area (Å²) in [7, 11) is 0.